The van der Waals surface area contributed by atoms with Crippen molar-refractivity contribution in [3.63, 3.8) is 0 Å². The molecule has 30 heavy (non-hydrogen) atoms. The van der Waals surface area contributed by atoms with Crippen LogP contribution in [0.3, 0.4) is 0 Å². The van der Waals surface area contributed by atoms with Crippen LogP contribution < -0.4 is 15.5 Å². The van der Waals surface area contributed by atoms with E-state index in [2.05, 4.69) is 29.6 Å². The zero-order chi connectivity index (χ0) is 21.7. The van der Waals surface area contributed by atoms with Gasteiger partial charge in [-0.15, -0.1) is 0 Å². The van der Waals surface area contributed by atoms with Gasteiger partial charge >= 0.3 is 0 Å². The number of hydrogen-bond donors (Lipinski definition) is 2. The number of amides is 2. The fourth-order valence-electron chi connectivity index (χ4n) is 3.31. The maximum Gasteiger partial charge on any atom is 0.244 e. The monoisotopic (exact) mass is 429 g/mol. The minimum Gasteiger partial charge on any atom is -0.360 e. The van der Waals surface area contributed by atoms with E-state index in [0.29, 0.717) is 30.7 Å². The Kier molecular flexibility index (Phi) is 7.15. The summed E-state index contributed by atoms with van der Waals surface area (Å²) in [5, 5.41) is 10.7. The molecule has 1 aliphatic rings. The summed E-state index contributed by atoms with van der Waals surface area (Å²) in [6, 6.07) is 7.87. The zero-order valence-electron chi connectivity index (χ0n) is 17.6. The third kappa shape index (κ3) is 5.63. The number of piperazine rings is 1. The Bertz CT molecular complexity index is 934. The lowest BCUT2D eigenvalue weighted by atomic mass is 10.1. The van der Waals surface area contributed by atoms with E-state index in [1.54, 1.807) is 10.8 Å². The molecule has 1 fully saturated rings. The van der Waals surface area contributed by atoms with E-state index < -0.39 is 0 Å². The molecule has 7 nitrogen and oxygen atoms in total. The summed E-state index contributed by atoms with van der Waals surface area (Å²) in [5.41, 5.74) is 3.55. The summed E-state index contributed by atoms with van der Waals surface area (Å²) in [6.45, 7) is 9.06. The van der Waals surface area contributed by atoms with Gasteiger partial charge in [0.2, 0.25) is 11.8 Å². The highest BCUT2D eigenvalue weighted by Gasteiger charge is 2.16. The van der Waals surface area contributed by atoms with E-state index in [-0.39, 0.29) is 11.8 Å². The quantitative estimate of drug-likeness (QED) is 0.663. The van der Waals surface area contributed by atoms with Gasteiger partial charge in [0.1, 0.15) is 5.15 Å². The average Bonchev–Trinajstić information content (AvgIpc) is 2.97. The van der Waals surface area contributed by atoms with Crippen molar-refractivity contribution in [2.75, 3.05) is 24.5 Å². The molecular weight excluding hydrogens is 402 g/mol. The van der Waals surface area contributed by atoms with Gasteiger partial charge in [-0.05, 0) is 36.6 Å². The van der Waals surface area contributed by atoms with Gasteiger partial charge < -0.3 is 15.5 Å². The average molecular weight is 430 g/mol. The van der Waals surface area contributed by atoms with Crippen LogP contribution >= 0.6 is 11.6 Å². The van der Waals surface area contributed by atoms with Crippen molar-refractivity contribution in [3.05, 3.63) is 52.3 Å². The number of anilines is 1. The van der Waals surface area contributed by atoms with Gasteiger partial charge in [-0.3, -0.25) is 14.3 Å². The first-order valence-corrected chi connectivity index (χ1v) is 10.5. The van der Waals surface area contributed by atoms with Gasteiger partial charge in [-0.2, -0.15) is 5.10 Å². The van der Waals surface area contributed by atoms with Gasteiger partial charge in [0.15, 0.2) is 0 Å². The van der Waals surface area contributed by atoms with E-state index in [9.17, 15) is 9.59 Å². The molecule has 0 atom stereocenters. The molecule has 1 aromatic heterocycles. The molecule has 0 aliphatic carbocycles. The molecule has 8 heteroatoms. The summed E-state index contributed by atoms with van der Waals surface area (Å²) in [7, 11) is 0. The molecule has 2 N–H and O–H groups in total. The van der Waals surface area contributed by atoms with Crippen molar-refractivity contribution in [1.29, 1.82) is 0 Å². The van der Waals surface area contributed by atoms with Crippen LogP contribution in [0.4, 0.5) is 5.69 Å². The molecule has 1 aromatic carbocycles. The molecule has 160 valence electrons. The molecule has 1 saturated heterocycles. The highest BCUT2D eigenvalue weighted by molar-refractivity contribution is 6.31. The van der Waals surface area contributed by atoms with Crippen LogP contribution in [0.15, 0.2) is 30.3 Å². The number of carbonyl (C=O) groups is 2. The Morgan fingerprint density at radius 3 is 2.73 bits per heavy atom. The van der Waals surface area contributed by atoms with Gasteiger partial charge in [-0.25, -0.2) is 0 Å². The first-order chi connectivity index (χ1) is 14.3. The van der Waals surface area contributed by atoms with E-state index in [4.69, 9.17) is 11.6 Å². The number of aromatic nitrogens is 2. The molecule has 2 amide bonds. The Morgan fingerprint density at radius 2 is 2.07 bits per heavy atom. The van der Waals surface area contributed by atoms with Crippen LogP contribution in [0.2, 0.25) is 5.15 Å². The van der Waals surface area contributed by atoms with Crippen molar-refractivity contribution in [2.45, 2.75) is 33.9 Å². The fourth-order valence-corrected chi connectivity index (χ4v) is 3.62. The second-order valence-corrected chi connectivity index (χ2v) is 8.21. The van der Waals surface area contributed by atoms with Crippen molar-refractivity contribution in [1.82, 2.24) is 20.4 Å². The fraction of sp³-hybridized carbons (Fsp3) is 0.409. The number of halogens is 1. The van der Waals surface area contributed by atoms with Crippen LogP contribution in [-0.2, 0) is 22.7 Å². The lowest BCUT2D eigenvalue weighted by Gasteiger charge is -2.28. The molecule has 0 spiro atoms. The van der Waals surface area contributed by atoms with E-state index >= 15 is 0 Å². The SMILES string of the molecule is Cc1nn(CC(C)C)c(Cl)c1/C=C/C(=O)NCc1ccc(N2CCNC(=O)C2)cc1. The van der Waals surface area contributed by atoms with Crippen molar-refractivity contribution in [2.24, 2.45) is 5.92 Å². The van der Waals surface area contributed by atoms with Gasteiger partial charge in [-0.1, -0.05) is 37.6 Å². The molecule has 0 bridgehead atoms. The van der Waals surface area contributed by atoms with Crippen molar-refractivity contribution < 1.29 is 9.59 Å². The number of carbonyl (C=O) groups excluding carboxylic acids is 2. The number of nitrogens with zero attached hydrogens (tertiary/aromatic N) is 3. The van der Waals surface area contributed by atoms with E-state index in [1.165, 1.54) is 6.08 Å². The Labute approximate surface area is 182 Å². The minimum absolute atomic E-state index is 0.0365. The summed E-state index contributed by atoms with van der Waals surface area (Å²) < 4.78 is 1.77. The molecule has 2 heterocycles. The molecule has 0 unspecified atom stereocenters. The minimum atomic E-state index is -0.196. The molecule has 0 saturated carbocycles. The number of aryl methyl sites for hydroxylation is 1. The molecule has 0 radical (unpaired) electrons. The highest BCUT2D eigenvalue weighted by Crippen LogP contribution is 2.22. The summed E-state index contributed by atoms with van der Waals surface area (Å²) in [6.07, 6.45) is 3.19. The third-order valence-electron chi connectivity index (χ3n) is 4.86. The first-order valence-electron chi connectivity index (χ1n) is 10.1. The molecule has 3 rings (SSSR count). The van der Waals surface area contributed by atoms with Crippen LogP contribution in [0.1, 0.15) is 30.7 Å². The second kappa shape index (κ2) is 9.80. The maximum absolute atomic E-state index is 12.2. The third-order valence-corrected chi connectivity index (χ3v) is 5.25. The summed E-state index contributed by atoms with van der Waals surface area (Å²) in [5.74, 6) is 0.272. The smallest absolute Gasteiger partial charge is 0.244 e. The van der Waals surface area contributed by atoms with E-state index in [0.717, 1.165) is 35.6 Å². The van der Waals surface area contributed by atoms with E-state index in [1.807, 2.05) is 36.1 Å². The normalized spacial score (nSPS) is 14.4. The standard InChI is InChI=1S/C22H28ClN5O2/c1-15(2)13-28-22(23)19(16(3)26-28)8-9-20(29)25-12-17-4-6-18(7-5-17)27-11-10-24-21(30)14-27/h4-9,15H,10-14H2,1-3H3,(H,24,30)(H,25,29)/b9-8+. The van der Waals surface area contributed by atoms with Gasteiger partial charge in [0.05, 0.1) is 12.2 Å². The van der Waals surface area contributed by atoms with Crippen molar-refractivity contribution >= 4 is 35.2 Å². The van der Waals surface area contributed by atoms with Crippen molar-refractivity contribution in [3.8, 4) is 0 Å². The maximum atomic E-state index is 12.2. The number of benzene rings is 1. The van der Waals surface area contributed by atoms with Gasteiger partial charge in [0, 0.05) is 43.5 Å². The van der Waals surface area contributed by atoms with Crippen LogP contribution in [0.25, 0.3) is 6.08 Å². The first kappa shape index (κ1) is 21.9. The molecule has 2 aromatic rings. The predicted octanol–water partition coefficient (Wildman–Crippen LogP) is 2.77. The van der Waals surface area contributed by atoms with Crippen LogP contribution in [-0.4, -0.2) is 41.2 Å². The zero-order valence-corrected chi connectivity index (χ0v) is 18.4. The van der Waals surface area contributed by atoms with Gasteiger partial charge in [0.25, 0.3) is 0 Å². The lowest BCUT2D eigenvalue weighted by molar-refractivity contribution is -0.120. The number of nitrogens with one attached hydrogen (secondary N) is 2. The highest BCUT2D eigenvalue weighted by atomic mass is 35.5. The Hall–Kier alpha value is -2.80. The summed E-state index contributed by atoms with van der Waals surface area (Å²) in [4.78, 5) is 25.8. The Balaban J connectivity index is 1.54. The van der Waals surface area contributed by atoms with Crippen LogP contribution in [0.5, 0.6) is 0 Å². The number of hydrogen-bond acceptors (Lipinski definition) is 4. The number of rotatable bonds is 7. The topological polar surface area (TPSA) is 79.3 Å². The lowest BCUT2D eigenvalue weighted by Crippen LogP contribution is -2.47. The second-order valence-electron chi connectivity index (χ2n) is 7.85. The Morgan fingerprint density at radius 1 is 1.33 bits per heavy atom. The molecular formula is C22H28ClN5O2. The largest absolute Gasteiger partial charge is 0.360 e. The summed E-state index contributed by atoms with van der Waals surface area (Å²) >= 11 is 6.41. The predicted molar refractivity (Wildman–Crippen MR) is 119 cm³/mol. The van der Waals surface area contributed by atoms with Crippen LogP contribution in [0, 0.1) is 12.8 Å². The molecule has 1 aliphatic heterocycles.